The van der Waals surface area contributed by atoms with E-state index in [1.54, 1.807) is 43.3 Å². The SMILES string of the molecule is CCOC(=O)[C@@H](/C(=N\NC(=O)OC)C(=O)Nc1cc(OC)ccc1OC)c1cnc2ccccc2n1. The Bertz CT molecular complexity index is 1290. The van der Waals surface area contributed by atoms with Gasteiger partial charge in [-0.25, -0.2) is 15.2 Å². The topological polar surface area (TPSA) is 150 Å². The van der Waals surface area contributed by atoms with Crippen LogP contribution >= 0.6 is 0 Å². The van der Waals surface area contributed by atoms with Crippen molar-refractivity contribution in [2.75, 3.05) is 33.3 Å². The number of rotatable bonds is 9. The maximum absolute atomic E-state index is 13.5. The smallest absolute Gasteiger partial charge is 0.427 e. The summed E-state index contributed by atoms with van der Waals surface area (Å²) in [6, 6.07) is 11.8. The van der Waals surface area contributed by atoms with Gasteiger partial charge in [0.05, 0.1) is 56.5 Å². The van der Waals surface area contributed by atoms with E-state index >= 15 is 0 Å². The number of aromatic nitrogens is 2. The maximum atomic E-state index is 13.5. The molecular weight excluding hydrogens is 470 g/mol. The van der Waals surface area contributed by atoms with Crippen LogP contribution in [-0.2, 0) is 19.1 Å². The normalized spacial score (nSPS) is 11.8. The summed E-state index contributed by atoms with van der Waals surface area (Å²) in [4.78, 5) is 47.1. The van der Waals surface area contributed by atoms with Gasteiger partial charge in [-0.1, -0.05) is 12.1 Å². The minimum absolute atomic E-state index is 0.0272. The van der Waals surface area contributed by atoms with Crippen LogP contribution in [-0.4, -0.2) is 61.6 Å². The lowest BCUT2D eigenvalue weighted by atomic mass is 9.98. The number of methoxy groups -OCH3 is 3. The third-order valence-electron chi connectivity index (χ3n) is 4.90. The van der Waals surface area contributed by atoms with Crippen molar-refractivity contribution in [1.82, 2.24) is 15.4 Å². The number of nitrogens with one attached hydrogen (secondary N) is 2. The van der Waals surface area contributed by atoms with E-state index in [2.05, 4.69) is 30.5 Å². The number of esters is 1. The predicted molar refractivity (Wildman–Crippen MR) is 130 cm³/mol. The van der Waals surface area contributed by atoms with Crippen LogP contribution in [0.2, 0.25) is 0 Å². The van der Waals surface area contributed by atoms with Crippen molar-refractivity contribution in [3.05, 3.63) is 54.4 Å². The fourth-order valence-electron chi connectivity index (χ4n) is 3.20. The lowest BCUT2D eigenvalue weighted by molar-refractivity contribution is -0.143. The van der Waals surface area contributed by atoms with Crippen molar-refractivity contribution in [2.45, 2.75) is 12.8 Å². The molecule has 1 aromatic heterocycles. The Kier molecular flexibility index (Phi) is 8.70. The maximum Gasteiger partial charge on any atom is 0.427 e. The number of hydrazone groups is 1. The molecule has 3 aromatic rings. The number of hydrogen-bond donors (Lipinski definition) is 2. The van der Waals surface area contributed by atoms with Crippen molar-refractivity contribution < 1.29 is 33.3 Å². The molecule has 0 saturated carbocycles. The highest BCUT2D eigenvalue weighted by molar-refractivity contribution is 6.48. The molecule has 36 heavy (non-hydrogen) atoms. The van der Waals surface area contributed by atoms with Gasteiger partial charge in [0.1, 0.15) is 23.1 Å². The molecule has 188 valence electrons. The molecule has 0 radical (unpaired) electrons. The number of benzene rings is 2. The van der Waals surface area contributed by atoms with Gasteiger partial charge in [0.15, 0.2) is 0 Å². The van der Waals surface area contributed by atoms with Crippen molar-refractivity contribution in [3.63, 3.8) is 0 Å². The molecule has 12 heteroatoms. The lowest BCUT2D eigenvalue weighted by Gasteiger charge is -2.18. The molecule has 0 aliphatic carbocycles. The number of anilines is 1. The molecule has 0 fully saturated rings. The highest BCUT2D eigenvalue weighted by atomic mass is 16.5. The van der Waals surface area contributed by atoms with Crippen molar-refractivity contribution in [1.29, 1.82) is 0 Å². The number of carbonyl (C=O) groups excluding carboxylic acids is 3. The van der Waals surface area contributed by atoms with Crippen molar-refractivity contribution >= 4 is 40.4 Å². The first-order chi connectivity index (χ1) is 17.4. The summed E-state index contributed by atoms with van der Waals surface area (Å²) < 4.78 is 20.3. The molecule has 0 bridgehead atoms. The summed E-state index contributed by atoms with van der Waals surface area (Å²) in [5.74, 6) is -2.33. The zero-order chi connectivity index (χ0) is 26.1. The fourth-order valence-corrected chi connectivity index (χ4v) is 3.20. The van der Waals surface area contributed by atoms with Crippen molar-refractivity contribution in [2.24, 2.45) is 5.10 Å². The van der Waals surface area contributed by atoms with E-state index in [0.717, 1.165) is 7.11 Å². The molecule has 0 aliphatic rings. The number of nitrogens with zero attached hydrogens (tertiary/aromatic N) is 3. The Morgan fingerprint density at radius 3 is 2.44 bits per heavy atom. The second kappa shape index (κ2) is 12.1. The summed E-state index contributed by atoms with van der Waals surface area (Å²) in [5.41, 5.74) is 3.06. The molecular formula is C24H25N5O7. The van der Waals surface area contributed by atoms with Gasteiger partial charge in [-0.3, -0.25) is 14.6 Å². The Balaban J connectivity index is 2.11. The minimum atomic E-state index is -1.43. The minimum Gasteiger partial charge on any atom is -0.497 e. The molecule has 12 nitrogen and oxygen atoms in total. The van der Waals surface area contributed by atoms with Gasteiger partial charge in [0.2, 0.25) is 0 Å². The third kappa shape index (κ3) is 6.03. The van der Waals surface area contributed by atoms with Crippen LogP contribution < -0.4 is 20.2 Å². The fraction of sp³-hybridized carbons (Fsp3) is 0.250. The Morgan fingerprint density at radius 1 is 1.03 bits per heavy atom. The van der Waals surface area contributed by atoms with Gasteiger partial charge in [0.25, 0.3) is 5.91 Å². The molecule has 3 rings (SSSR count). The molecule has 1 atom stereocenters. The quantitative estimate of drug-likeness (QED) is 0.259. The van der Waals surface area contributed by atoms with Crippen LogP contribution in [0.1, 0.15) is 18.5 Å². The summed E-state index contributed by atoms with van der Waals surface area (Å²) >= 11 is 0. The van der Waals surface area contributed by atoms with Gasteiger partial charge in [0, 0.05) is 6.07 Å². The van der Waals surface area contributed by atoms with Gasteiger partial charge in [-0.15, -0.1) is 0 Å². The summed E-state index contributed by atoms with van der Waals surface area (Å²) in [6.07, 6.45) is 0.392. The van der Waals surface area contributed by atoms with Gasteiger partial charge >= 0.3 is 12.1 Å². The monoisotopic (exact) mass is 495 g/mol. The van der Waals surface area contributed by atoms with Crippen LogP contribution in [0.25, 0.3) is 11.0 Å². The highest BCUT2D eigenvalue weighted by Crippen LogP contribution is 2.29. The number of hydrogen-bond acceptors (Lipinski definition) is 10. The average molecular weight is 495 g/mol. The first kappa shape index (κ1) is 25.9. The summed E-state index contributed by atoms with van der Waals surface area (Å²) in [5, 5.41) is 6.53. The zero-order valence-corrected chi connectivity index (χ0v) is 20.1. The van der Waals surface area contributed by atoms with Gasteiger partial charge in [-0.05, 0) is 31.2 Å². The van der Waals surface area contributed by atoms with Gasteiger partial charge < -0.3 is 24.3 Å². The molecule has 0 aliphatic heterocycles. The largest absolute Gasteiger partial charge is 0.497 e. The molecule has 0 saturated heterocycles. The number of ether oxygens (including phenoxy) is 4. The Morgan fingerprint density at radius 2 is 1.78 bits per heavy atom. The standard InChI is InChI=1S/C24H25N5O7/c1-5-36-23(31)20(18-13-25-15-8-6-7-9-16(15)26-18)21(28-29-24(32)35-4)22(30)27-17-12-14(33-2)10-11-19(17)34-3/h6-13,20H,5H2,1-4H3,(H,27,30)(H,29,32)/b28-21+/t20-/m1/s1. The second-order valence-electron chi connectivity index (χ2n) is 7.09. The van der Waals surface area contributed by atoms with E-state index in [1.807, 2.05) is 0 Å². The predicted octanol–water partition coefficient (Wildman–Crippen LogP) is 2.64. The molecule has 0 unspecified atom stereocenters. The molecule has 2 amide bonds. The molecule has 0 spiro atoms. The number of fused-ring (bicyclic) bond motifs is 1. The van der Waals surface area contributed by atoms with E-state index < -0.39 is 29.6 Å². The Hall–Kier alpha value is -4.74. The zero-order valence-electron chi connectivity index (χ0n) is 20.1. The van der Waals surface area contributed by atoms with Gasteiger partial charge in [-0.2, -0.15) is 5.10 Å². The first-order valence-electron chi connectivity index (χ1n) is 10.7. The van der Waals surface area contributed by atoms with Crippen LogP contribution in [0.5, 0.6) is 11.5 Å². The number of amides is 2. The molecule has 1 heterocycles. The van der Waals surface area contributed by atoms with Crippen molar-refractivity contribution in [3.8, 4) is 11.5 Å². The third-order valence-corrected chi connectivity index (χ3v) is 4.90. The van der Waals surface area contributed by atoms with E-state index in [1.165, 1.54) is 26.5 Å². The van der Waals surface area contributed by atoms with Crippen LogP contribution in [0.4, 0.5) is 10.5 Å². The van der Waals surface area contributed by atoms with E-state index in [-0.39, 0.29) is 18.0 Å². The van der Waals surface area contributed by atoms with Crippen LogP contribution in [0.15, 0.2) is 53.8 Å². The molecule has 2 aromatic carbocycles. The van der Waals surface area contributed by atoms with Crippen LogP contribution in [0.3, 0.4) is 0 Å². The molecule has 2 N–H and O–H groups in total. The Labute approximate surface area is 206 Å². The van der Waals surface area contributed by atoms with E-state index in [4.69, 9.17) is 14.2 Å². The first-order valence-corrected chi connectivity index (χ1v) is 10.7. The highest BCUT2D eigenvalue weighted by Gasteiger charge is 2.35. The number of para-hydroxylation sites is 2. The summed E-state index contributed by atoms with van der Waals surface area (Å²) in [6.45, 7) is 1.64. The van der Waals surface area contributed by atoms with Crippen LogP contribution in [0, 0.1) is 0 Å². The second-order valence-corrected chi connectivity index (χ2v) is 7.09. The number of carbonyl (C=O) groups is 3. The average Bonchev–Trinajstić information content (AvgIpc) is 2.90. The lowest BCUT2D eigenvalue weighted by Crippen LogP contribution is -2.37. The van der Waals surface area contributed by atoms with E-state index in [9.17, 15) is 14.4 Å². The summed E-state index contributed by atoms with van der Waals surface area (Å²) in [7, 11) is 4.02. The van der Waals surface area contributed by atoms with E-state index in [0.29, 0.717) is 22.5 Å².